The zero-order chi connectivity index (χ0) is 30.2. The maximum absolute atomic E-state index is 2.57. The van der Waals surface area contributed by atoms with Gasteiger partial charge in [-0.2, -0.15) is 0 Å². The smallest absolute Gasteiger partial charge is 0.200 e. The second-order valence-electron chi connectivity index (χ2n) is 14.5. The Morgan fingerprint density at radius 2 is 1.26 bits per heavy atom. The Labute approximate surface area is 257 Å². The van der Waals surface area contributed by atoms with Gasteiger partial charge in [0.15, 0.2) is 6.20 Å². The molecule has 0 radical (unpaired) electrons. The van der Waals surface area contributed by atoms with E-state index in [1.807, 2.05) is 0 Å². The molecule has 0 N–H and O–H groups in total. The second kappa shape index (κ2) is 12.3. The first-order valence-electron chi connectivity index (χ1n) is 16.3. The summed E-state index contributed by atoms with van der Waals surface area (Å²) in [4.78, 5) is 0. The molecule has 1 heterocycles. The lowest BCUT2D eigenvalue weighted by Gasteiger charge is -2.27. The molecule has 2 heteroatoms. The lowest BCUT2D eigenvalue weighted by atomic mass is 9.78. The molecule has 220 valence electrons. The standard InChI is InChI=1S/C40H52NSi/c1-27(2)36-24-34(30-13-11-10-12-14-30)25-37(28(3)4)40(36)33-19-22-39(41(6)26-33)38-23-32(16-15-29(38)5)31-17-20-35(21-18-31)42(7,8)9/h15-28,30H,10-14H2,1-9H3/q+1. The molecular weight excluding hydrogens is 523 g/mol. The summed E-state index contributed by atoms with van der Waals surface area (Å²) in [6.07, 6.45) is 9.22. The Morgan fingerprint density at radius 1 is 0.690 bits per heavy atom. The molecule has 0 unspecified atom stereocenters. The van der Waals surface area contributed by atoms with Gasteiger partial charge >= 0.3 is 0 Å². The Bertz CT molecular complexity index is 1520. The van der Waals surface area contributed by atoms with E-state index in [9.17, 15) is 0 Å². The Balaban J connectivity index is 1.56. The van der Waals surface area contributed by atoms with Gasteiger partial charge in [0.05, 0.1) is 8.07 Å². The van der Waals surface area contributed by atoms with Gasteiger partial charge in [0.1, 0.15) is 7.05 Å². The number of hydrogen-bond donors (Lipinski definition) is 0. The predicted molar refractivity (Wildman–Crippen MR) is 186 cm³/mol. The van der Waals surface area contributed by atoms with Crippen molar-refractivity contribution in [3.05, 3.63) is 95.2 Å². The molecule has 5 rings (SSSR count). The van der Waals surface area contributed by atoms with Crippen molar-refractivity contribution in [3.63, 3.8) is 0 Å². The minimum absolute atomic E-state index is 0.484. The zero-order valence-electron chi connectivity index (χ0n) is 27.6. The Morgan fingerprint density at radius 3 is 1.81 bits per heavy atom. The van der Waals surface area contributed by atoms with E-state index in [0.717, 1.165) is 5.92 Å². The molecule has 1 aliphatic carbocycles. The molecule has 1 aliphatic rings. The average Bonchev–Trinajstić information content (AvgIpc) is 2.97. The van der Waals surface area contributed by atoms with Crippen molar-refractivity contribution in [1.29, 1.82) is 0 Å². The fraction of sp³-hybridized carbons (Fsp3) is 0.425. The lowest BCUT2D eigenvalue weighted by Crippen LogP contribution is -2.37. The van der Waals surface area contributed by atoms with Gasteiger partial charge < -0.3 is 0 Å². The SMILES string of the molecule is Cc1ccc(-c2ccc([Si](C)(C)C)cc2)cc1-c1ccc(-c2c(C(C)C)cc(C3CCCCC3)cc2C(C)C)c[n+]1C. The Kier molecular flexibility index (Phi) is 8.95. The first-order chi connectivity index (χ1) is 19.9. The molecule has 0 aliphatic heterocycles. The van der Waals surface area contributed by atoms with Gasteiger partial charge in [0, 0.05) is 17.2 Å². The van der Waals surface area contributed by atoms with Gasteiger partial charge in [-0.3, -0.25) is 0 Å². The van der Waals surface area contributed by atoms with Crippen LogP contribution in [0.2, 0.25) is 19.6 Å². The first kappa shape index (κ1) is 30.5. The van der Waals surface area contributed by atoms with E-state index < -0.39 is 8.07 Å². The quantitative estimate of drug-likeness (QED) is 0.153. The number of nitrogens with zero attached hydrogens (tertiary/aromatic N) is 1. The van der Waals surface area contributed by atoms with Crippen LogP contribution in [0.5, 0.6) is 0 Å². The highest BCUT2D eigenvalue weighted by molar-refractivity contribution is 6.88. The van der Waals surface area contributed by atoms with Crippen LogP contribution in [0.3, 0.4) is 0 Å². The summed E-state index contributed by atoms with van der Waals surface area (Å²) in [6.45, 7) is 18.9. The maximum atomic E-state index is 2.57. The summed E-state index contributed by atoms with van der Waals surface area (Å²) in [5.74, 6) is 1.69. The highest BCUT2D eigenvalue weighted by Gasteiger charge is 2.24. The second-order valence-corrected chi connectivity index (χ2v) is 19.6. The average molecular weight is 575 g/mol. The molecule has 4 aromatic rings. The highest BCUT2D eigenvalue weighted by atomic mass is 28.3. The van der Waals surface area contributed by atoms with Crippen LogP contribution >= 0.6 is 0 Å². The van der Waals surface area contributed by atoms with Crippen LogP contribution in [0.15, 0.2) is 72.9 Å². The lowest BCUT2D eigenvalue weighted by molar-refractivity contribution is -0.659. The van der Waals surface area contributed by atoms with Crippen molar-refractivity contribution in [2.75, 3.05) is 0 Å². The van der Waals surface area contributed by atoms with E-state index in [-0.39, 0.29) is 0 Å². The summed E-state index contributed by atoms with van der Waals surface area (Å²) in [6, 6.07) is 26.1. The van der Waals surface area contributed by atoms with Crippen molar-refractivity contribution < 1.29 is 4.57 Å². The third kappa shape index (κ3) is 6.35. The summed E-state index contributed by atoms with van der Waals surface area (Å²) >= 11 is 0. The molecule has 0 saturated heterocycles. The molecule has 0 bridgehead atoms. The monoisotopic (exact) mass is 574 g/mol. The maximum Gasteiger partial charge on any atom is 0.212 e. The normalized spacial score (nSPS) is 14.6. The van der Waals surface area contributed by atoms with Crippen molar-refractivity contribution in [3.8, 4) is 33.5 Å². The van der Waals surface area contributed by atoms with Gasteiger partial charge in [0.2, 0.25) is 5.69 Å². The number of benzene rings is 3. The fourth-order valence-electron chi connectivity index (χ4n) is 6.90. The van der Waals surface area contributed by atoms with Crippen molar-refractivity contribution in [2.24, 2.45) is 7.05 Å². The van der Waals surface area contributed by atoms with Crippen LogP contribution in [-0.2, 0) is 7.05 Å². The van der Waals surface area contributed by atoms with Crippen molar-refractivity contribution in [2.45, 2.75) is 104 Å². The van der Waals surface area contributed by atoms with Crippen LogP contribution in [0.25, 0.3) is 33.5 Å². The van der Waals surface area contributed by atoms with Crippen LogP contribution in [0.4, 0.5) is 0 Å². The molecule has 0 spiro atoms. The Hall–Kier alpha value is -2.97. The molecule has 1 aromatic heterocycles. The van der Waals surface area contributed by atoms with Gasteiger partial charge in [-0.15, -0.1) is 0 Å². The molecule has 42 heavy (non-hydrogen) atoms. The summed E-state index contributed by atoms with van der Waals surface area (Å²) in [7, 11) is 0.907. The fourth-order valence-corrected chi connectivity index (χ4v) is 8.07. The molecule has 3 aromatic carbocycles. The van der Waals surface area contributed by atoms with Crippen LogP contribution in [-0.4, -0.2) is 8.07 Å². The van der Waals surface area contributed by atoms with Gasteiger partial charge in [-0.25, -0.2) is 4.57 Å². The molecule has 0 amide bonds. The largest absolute Gasteiger partial charge is 0.212 e. The first-order valence-corrected chi connectivity index (χ1v) is 19.8. The summed E-state index contributed by atoms with van der Waals surface area (Å²) < 4.78 is 2.35. The molecule has 1 fully saturated rings. The van der Waals surface area contributed by atoms with Gasteiger partial charge in [0.25, 0.3) is 0 Å². The van der Waals surface area contributed by atoms with E-state index >= 15 is 0 Å². The van der Waals surface area contributed by atoms with Crippen LogP contribution in [0, 0.1) is 6.92 Å². The zero-order valence-corrected chi connectivity index (χ0v) is 28.6. The van der Waals surface area contributed by atoms with E-state index in [1.54, 1.807) is 5.56 Å². The van der Waals surface area contributed by atoms with E-state index in [1.165, 1.54) is 87.5 Å². The number of aryl methyl sites for hydroxylation is 2. The minimum atomic E-state index is -1.31. The van der Waals surface area contributed by atoms with E-state index in [4.69, 9.17) is 0 Å². The summed E-state index contributed by atoms with van der Waals surface area (Å²) in [5, 5.41) is 1.51. The topological polar surface area (TPSA) is 3.88 Å². The van der Waals surface area contributed by atoms with E-state index in [2.05, 4.69) is 139 Å². The highest BCUT2D eigenvalue weighted by Crippen LogP contribution is 2.42. The number of rotatable bonds is 7. The minimum Gasteiger partial charge on any atom is -0.200 e. The molecular formula is C40H52NSi+. The van der Waals surface area contributed by atoms with E-state index in [0.29, 0.717) is 11.8 Å². The third-order valence-electron chi connectivity index (χ3n) is 9.56. The van der Waals surface area contributed by atoms with Crippen LogP contribution in [0.1, 0.15) is 99.8 Å². The van der Waals surface area contributed by atoms with Crippen LogP contribution < -0.4 is 9.75 Å². The number of aromatic nitrogens is 1. The number of pyridine rings is 1. The molecule has 0 atom stereocenters. The summed E-state index contributed by atoms with van der Waals surface area (Å²) in [5.41, 5.74) is 13.8. The van der Waals surface area contributed by atoms with Gasteiger partial charge in [-0.1, -0.05) is 120 Å². The van der Waals surface area contributed by atoms with Gasteiger partial charge in [-0.05, 0) is 88.6 Å². The third-order valence-corrected chi connectivity index (χ3v) is 11.6. The number of hydrogen-bond acceptors (Lipinski definition) is 0. The van der Waals surface area contributed by atoms with Crippen molar-refractivity contribution in [1.82, 2.24) is 0 Å². The molecule has 1 nitrogen and oxygen atoms in total. The predicted octanol–water partition coefficient (Wildman–Crippen LogP) is 10.7. The van der Waals surface area contributed by atoms with Crippen molar-refractivity contribution >= 4 is 13.3 Å². The molecule has 1 saturated carbocycles.